The topological polar surface area (TPSA) is 74.6 Å². The third-order valence-electron chi connectivity index (χ3n) is 2.70. The molecule has 1 rings (SSSR count). The third kappa shape index (κ3) is 3.73. The minimum absolute atomic E-state index is 0.0488. The average Bonchev–Trinajstić information content (AvgIpc) is 2.34. The summed E-state index contributed by atoms with van der Waals surface area (Å²) in [5.41, 5.74) is 1.50. The van der Waals surface area contributed by atoms with Crippen LogP contribution < -0.4 is 0 Å². The number of carboxylic acid groups (broad SMARTS) is 2. The lowest BCUT2D eigenvalue weighted by atomic mass is 9.95. The van der Waals surface area contributed by atoms with Crippen LogP contribution in [0.1, 0.15) is 31.7 Å². The highest BCUT2D eigenvalue weighted by Gasteiger charge is 2.16. The molecule has 0 unspecified atom stereocenters. The van der Waals surface area contributed by atoms with Crippen molar-refractivity contribution in [3.8, 4) is 0 Å². The van der Waals surface area contributed by atoms with Crippen LogP contribution in [0.3, 0.4) is 0 Å². The molecule has 4 heteroatoms. The number of rotatable bonds is 6. The van der Waals surface area contributed by atoms with Crippen molar-refractivity contribution in [3.63, 3.8) is 0 Å². The molecule has 1 aromatic rings. The van der Waals surface area contributed by atoms with Crippen LogP contribution >= 0.6 is 0 Å². The summed E-state index contributed by atoms with van der Waals surface area (Å²) in [4.78, 5) is 21.9. The van der Waals surface area contributed by atoms with Crippen molar-refractivity contribution in [1.29, 1.82) is 0 Å². The molecule has 0 amide bonds. The van der Waals surface area contributed by atoms with Gasteiger partial charge in [-0.25, -0.2) is 4.79 Å². The van der Waals surface area contributed by atoms with Gasteiger partial charge < -0.3 is 10.2 Å². The highest BCUT2D eigenvalue weighted by atomic mass is 16.4. The fourth-order valence-electron chi connectivity index (χ4n) is 1.82. The Bertz CT molecular complexity index is 460. The summed E-state index contributed by atoms with van der Waals surface area (Å²) in [7, 11) is 0. The van der Waals surface area contributed by atoms with Gasteiger partial charge in [-0.2, -0.15) is 0 Å². The van der Waals surface area contributed by atoms with Crippen molar-refractivity contribution < 1.29 is 19.8 Å². The number of aliphatic carboxylic acids is 2. The fourth-order valence-corrected chi connectivity index (χ4v) is 1.82. The lowest BCUT2D eigenvalue weighted by Gasteiger charge is -2.10. The Hall–Kier alpha value is -2.10. The van der Waals surface area contributed by atoms with Gasteiger partial charge in [-0.05, 0) is 18.4 Å². The van der Waals surface area contributed by atoms with E-state index < -0.39 is 11.9 Å². The monoisotopic (exact) mass is 248 g/mol. The van der Waals surface area contributed by atoms with E-state index in [1.807, 2.05) is 13.0 Å². The second-order valence-corrected chi connectivity index (χ2v) is 3.90. The molecule has 0 aliphatic rings. The van der Waals surface area contributed by atoms with Gasteiger partial charge in [0.15, 0.2) is 0 Å². The number of carbonyl (C=O) groups is 2. The summed E-state index contributed by atoms with van der Waals surface area (Å²) < 4.78 is 0. The average molecular weight is 248 g/mol. The summed E-state index contributed by atoms with van der Waals surface area (Å²) in [6, 6.07) is 8.79. The Morgan fingerprint density at radius 1 is 1.06 bits per heavy atom. The summed E-state index contributed by atoms with van der Waals surface area (Å²) in [6.45, 7) is 1.84. The van der Waals surface area contributed by atoms with Crippen LogP contribution in [0.5, 0.6) is 0 Å². The zero-order valence-electron chi connectivity index (χ0n) is 10.2. The Labute approximate surface area is 106 Å². The molecule has 0 heterocycles. The maximum atomic E-state index is 11.3. The molecule has 0 saturated carbocycles. The fraction of sp³-hybridized carbons (Fsp3) is 0.286. The van der Waals surface area contributed by atoms with Gasteiger partial charge >= 0.3 is 11.9 Å². The quantitative estimate of drug-likeness (QED) is 0.759. The van der Waals surface area contributed by atoms with E-state index in [0.29, 0.717) is 17.6 Å². The van der Waals surface area contributed by atoms with Crippen LogP contribution in [0.2, 0.25) is 0 Å². The molecule has 0 saturated heterocycles. The first-order chi connectivity index (χ1) is 8.56. The van der Waals surface area contributed by atoms with Crippen molar-refractivity contribution in [2.45, 2.75) is 26.2 Å². The SMILES string of the molecule is CCC(CCC(=O)O)=C(C(=O)O)c1ccccc1. The van der Waals surface area contributed by atoms with Crippen molar-refractivity contribution in [3.05, 3.63) is 41.5 Å². The lowest BCUT2D eigenvalue weighted by Crippen LogP contribution is -2.05. The van der Waals surface area contributed by atoms with Gasteiger partial charge in [-0.15, -0.1) is 0 Å². The van der Waals surface area contributed by atoms with E-state index in [0.717, 1.165) is 0 Å². The first-order valence-electron chi connectivity index (χ1n) is 5.78. The van der Waals surface area contributed by atoms with E-state index in [1.165, 1.54) is 0 Å². The summed E-state index contributed by atoms with van der Waals surface area (Å²) >= 11 is 0. The third-order valence-corrected chi connectivity index (χ3v) is 2.70. The van der Waals surface area contributed by atoms with Crippen LogP contribution in [-0.4, -0.2) is 22.2 Å². The number of allylic oxidation sites excluding steroid dienone is 1. The van der Waals surface area contributed by atoms with Crippen molar-refractivity contribution in [2.75, 3.05) is 0 Å². The maximum absolute atomic E-state index is 11.3. The first-order valence-corrected chi connectivity index (χ1v) is 5.78. The van der Waals surface area contributed by atoms with Crippen molar-refractivity contribution in [2.24, 2.45) is 0 Å². The molecule has 0 aliphatic carbocycles. The number of hydrogen-bond donors (Lipinski definition) is 2. The second kappa shape index (κ2) is 6.59. The predicted molar refractivity (Wildman–Crippen MR) is 68.2 cm³/mol. The molecular formula is C14H16O4. The van der Waals surface area contributed by atoms with Gasteiger partial charge in [-0.1, -0.05) is 42.8 Å². The van der Waals surface area contributed by atoms with Gasteiger partial charge in [0.1, 0.15) is 0 Å². The smallest absolute Gasteiger partial charge is 0.336 e. The van der Waals surface area contributed by atoms with Crippen LogP contribution in [0.4, 0.5) is 0 Å². The number of benzene rings is 1. The molecule has 0 aromatic heterocycles. The highest BCUT2D eigenvalue weighted by molar-refractivity contribution is 6.16. The molecule has 4 nitrogen and oxygen atoms in total. The zero-order chi connectivity index (χ0) is 13.5. The summed E-state index contributed by atoms with van der Waals surface area (Å²) in [5, 5.41) is 18.0. The Kier molecular flexibility index (Phi) is 5.11. The van der Waals surface area contributed by atoms with Crippen LogP contribution in [-0.2, 0) is 9.59 Å². The number of carboxylic acids is 2. The predicted octanol–water partition coefficient (Wildman–Crippen LogP) is 2.80. The largest absolute Gasteiger partial charge is 0.481 e. The maximum Gasteiger partial charge on any atom is 0.336 e. The number of hydrogen-bond acceptors (Lipinski definition) is 2. The highest BCUT2D eigenvalue weighted by Crippen LogP contribution is 2.24. The molecular weight excluding hydrogens is 232 g/mol. The minimum atomic E-state index is -1.01. The molecule has 0 atom stereocenters. The Morgan fingerprint density at radius 2 is 1.67 bits per heavy atom. The zero-order valence-corrected chi connectivity index (χ0v) is 10.2. The van der Waals surface area contributed by atoms with Gasteiger partial charge in [0.05, 0.1) is 5.57 Å². The molecule has 2 N–H and O–H groups in total. The van der Waals surface area contributed by atoms with Gasteiger partial charge in [0.2, 0.25) is 0 Å². The van der Waals surface area contributed by atoms with Gasteiger partial charge in [0.25, 0.3) is 0 Å². The molecule has 0 spiro atoms. The van der Waals surface area contributed by atoms with Crippen LogP contribution in [0, 0.1) is 0 Å². The molecule has 1 aromatic carbocycles. The van der Waals surface area contributed by atoms with E-state index in [2.05, 4.69) is 0 Å². The minimum Gasteiger partial charge on any atom is -0.481 e. The normalized spacial score (nSPS) is 11.8. The first kappa shape index (κ1) is 14.0. The van der Waals surface area contributed by atoms with Crippen LogP contribution in [0.15, 0.2) is 35.9 Å². The van der Waals surface area contributed by atoms with E-state index >= 15 is 0 Å². The van der Waals surface area contributed by atoms with E-state index in [4.69, 9.17) is 5.11 Å². The van der Waals surface area contributed by atoms with E-state index in [-0.39, 0.29) is 18.4 Å². The summed E-state index contributed by atoms with van der Waals surface area (Å²) in [5.74, 6) is -1.93. The second-order valence-electron chi connectivity index (χ2n) is 3.90. The molecule has 0 aliphatic heterocycles. The molecule has 96 valence electrons. The van der Waals surface area contributed by atoms with E-state index in [9.17, 15) is 14.7 Å². The molecule has 0 radical (unpaired) electrons. The van der Waals surface area contributed by atoms with Gasteiger partial charge in [0, 0.05) is 6.42 Å². The van der Waals surface area contributed by atoms with E-state index in [1.54, 1.807) is 24.3 Å². The van der Waals surface area contributed by atoms with Crippen molar-refractivity contribution >= 4 is 17.5 Å². The lowest BCUT2D eigenvalue weighted by molar-refractivity contribution is -0.137. The molecule has 0 bridgehead atoms. The van der Waals surface area contributed by atoms with Crippen molar-refractivity contribution in [1.82, 2.24) is 0 Å². The molecule has 18 heavy (non-hydrogen) atoms. The molecule has 0 fully saturated rings. The van der Waals surface area contributed by atoms with Crippen LogP contribution in [0.25, 0.3) is 5.57 Å². The Morgan fingerprint density at radius 3 is 2.11 bits per heavy atom. The van der Waals surface area contributed by atoms with Gasteiger partial charge in [-0.3, -0.25) is 4.79 Å². The summed E-state index contributed by atoms with van der Waals surface area (Å²) in [6.07, 6.45) is 0.749. The Balaban J connectivity index is 3.14. The standard InChI is InChI=1S/C14H16O4/c1-2-10(8-9-12(15)16)13(14(17)18)11-6-4-3-5-7-11/h3-7H,2,8-9H2,1H3,(H,15,16)(H,17,18).